The third kappa shape index (κ3) is 3.81. The van der Waals surface area contributed by atoms with Gasteiger partial charge in [0.15, 0.2) is 0 Å². The van der Waals surface area contributed by atoms with Gasteiger partial charge in [0.25, 0.3) is 0 Å². The molecule has 1 aliphatic rings. The van der Waals surface area contributed by atoms with E-state index < -0.39 is 0 Å². The molecule has 1 aromatic rings. The second-order valence-corrected chi connectivity index (χ2v) is 4.43. The zero-order chi connectivity index (χ0) is 12.1. The summed E-state index contributed by atoms with van der Waals surface area (Å²) in [5, 5.41) is 13.3. The minimum Gasteiger partial charge on any atom is -0.408 e. The Kier molecular flexibility index (Phi) is 4.08. The van der Waals surface area contributed by atoms with Crippen LogP contribution in [0.5, 0.6) is 0 Å². The quantitative estimate of drug-likeness (QED) is 0.821. The molecule has 6 heteroatoms. The Hall–Kier alpha value is -1.43. The summed E-state index contributed by atoms with van der Waals surface area (Å²) in [7, 11) is 0. The summed E-state index contributed by atoms with van der Waals surface area (Å²) < 4.78 is 5.08. The Labute approximate surface area is 100 Å². The van der Waals surface area contributed by atoms with Gasteiger partial charge < -0.3 is 9.73 Å². The molecule has 2 heterocycles. The minimum atomic E-state index is -0.0563. The van der Waals surface area contributed by atoms with Crippen molar-refractivity contribution in [2.24, 2.45) is 5.92 Å². The van der Waals surface area contributed by atoms with Crippen molar-refractivity contribution in [2.45, 2.75) is 32.6 Å². The maximum Gasteiger partial charge on any atom is 0.322 e. The van der Waals surface area contributed by atoms with Crippen LogP contribution in [0.2, 0.25) is 0 Å². The van der Waals surface area contributed by atoms with E-state index in [0.717, 1.165) is 19.5 Å². The average Bonchev–Trinajstić information content (AvgIpc) is 2.73. The molecule has 1 aliphatic heterocycles. The first-order chi connectivity index (χ1) is 8.24. The van der Waals surface area contributed by atoms with Gasteiger partial charge >= 0.3 is 6.01 Å². The molecule has 2 N–H and O–H groups in total. The largest absolute Gasteiger partial charge is 0.408 e. The fourth-order valence-electron chi connectivity index (χ4n) is 2.03. The third-order valence-corrected chi connectivity index (χ3v) is 2.95. The van der Waals surface area contributed by atoms with Gasteiger partial charge in [-0.25, -0.2) is 0 Å². The number of piperidine rings is 1. The second kappa shape index (κ2) is 5.77. The molecule has 1 amide bonds. The smallest absolute Gasteiger partial charge is 0.322 e. The van der Waals surface area contributed by atoms with E-state index in [0.29, 0.717) is 18.2 Å². The molecule has 0 bridgehead atoms. The van der Waals surface area contributed by atoms with Crippen LogP contribution in [-0.4, -0.2) is 29.2 Å². The van der Waals surface area contributed by atoms with Crippen molar-refractivity contribution < 1.29 is 9.21 Å². The van der Waals surface area contributed by atoms with Crippen LogP contribution in [-0.2, 0) is 4.79 Å². The van der Waals surface area contributed by atoms with E-state index in [2.05, 4.69) is 20.8 Å². The summed E-state index contributed by atoms with van der Waals surface area (Å²) in [6, 6.07) is 0.189. The molecule has 1 fully saturated rings. The lowest BCUT2D eigenvalue weighted by Crippen LogP contribution is -2.30. The molecule has 0 aliphatic carbocycles. The van der Waals surface area contributed by atoms with Gasteiger partial charge in [-0.15, -0.1) is 5.10 Å². The number of nitrogens with one attached hydrogen (secondary N) is 2. The van der Waals surface area contributed by atoms with Gasteiger partial charge in [0, 0.05) is 13.3 Å². The molecule has 2 rings (SSSR count). The molecule has 1 saturated heterocycles. The fraction of sp³-hybridized carbons (Fsp3) is 0.727. The van der Waals surface area contributed by atoms with Crippen LogP contribution < -0.4 is 10.6 Å². The number of hydrogen-bond acceptors (Lipinski definition) is 5. The second-order valence-electron chi connectivity index (χ2n) is 4.43. The van der Waals surface area contributed by atoms with Gasteiger partial charge in [-0.05, 0) is 38.3 Å². The third-order valence-electron chi connectivity index (χ3n) is 2.95. The van der Waals surface area contributed by atoms with Crippen LogP contribution >= 0.6 is 0 Å². The Morgan fingerprint density at radius 1 is 1.59 bits per heavy atom. The van der Waals surface area contributed by atoms with E-state index in [4.69, 9.17) is 4.42 Å². The number of anilines is 1. The van der Waals surface area contributed by atoms with Gasteiger partial charge in [0.1, 0.15) is 0 Å². The van der Waals surface area contributed by atoms with E-state index in [1.165, 1.54) is 12.8 Å². The molecule has 0 radical (unpaired) electrons. The highest BCUT2D eigenvalue weighted by Gasteiger charge is 2.15. The van der Waals surface area contributed by atoms with Crippen LogP contribution in [0.1, 0.15) is 31.6 Å². The van der Waals surface area contributed by atoms with E-state index in [1.54, 1.807) is 6.92 Å². The average molecular weight is 238 g/mol. The van der Waals surface area contributed by atoms with Crippen molar-refractivity contribution in [3.63, 3.8) is 0 Å². The Balaban J connectivity index is 1.70. The summed E-state index contributed by atoms with van der Waals surface area (Å²) >= 11 is 0. The predicted molar refractivity (Wildman–Crippen MR) is 62.5 cm³/mol. The van der Waals surface area contributed by atoms with Crippen molar-refractivity contribution >= 4 is 11.9 Å². The predicted octanol–water partition coefficient (Wildman–Crippen LogP) is 1.10. The van der Waals surface area contributed by atoms with Crippen molar-refractivity contribution in [1.29, 1.82) is 0 Å². The highest BCUT2D eigenvalue weighted by atomic mass is 16.4. The normalized spacial score (nSPS) is 20.2. The summed E-state index contributed by atoms with van der Waals surface area (Å²) in [6.07, 6.45) is 3.83. The SMILES string of the molecule is Cc1nnc(NC(=O)CCC2CCCNC2)o1. The van der Waals surface area contributed by atoms with Crippen molar-refractivity contribution in [2.75, 3.05) is 18.4 Å². The summed E-state index contributed by atoms with van der Waals surface area (Å²) in [5.74, 6) is 1.01. The number of aromatic nitrogens is 2. The lowest BCUT2D eigenvalue weighted by Gasteiger charge is -2.22. The van der Waals surface area contributed by atoms with Crippen LogP contribution in [0.25, 0.3) is 0 Å². The number of nitrogens with zero attached hydrogens (tertiary/aromatic N) is 2. The monoisotopic (exact) mass is 238 g/mol. The topological polar surface area (TPSA) is 80.0 Å². The molecule has 1 aromatic heterocycles. The molecule has 0 saturated carbocycles. The molecule has 17 heavy (non-hydrogen) atoms. The zero-order valence-corrected chi connectivity index (χ0v) is 10.0. The maximum absolute atomic E-state index is 11.6. The first-order valence-corrected chi connectivity index (χ1v) is 6.04. The van der Waals surface area contributed by atoms with E-state index >= 15 is 0 Å². The summed E-state index contributed by atoms with van der Waals surface area (Å²) in [5.41, 5.74) is 0. The van der Waals surface area contributed by atoms with E-state index in [9.17, 15) is 4.79 Å². The Bertz CT molecular complexity index is 371. The first-order valence-electron chi connectivity index (χ1n) is 6.04. The summed E-state index contributed by atoms with van der Waals surface area (Å²) in [6.45, 7) is 3.81. The van der Waals surface area contributed by atoms with Gasteiger partial charge in [-0.2, -0.15) is 0 Å². The molecule has 0 spiro atoms. The molecule has 6 nitrogen and oxygen atoms in total. The van der Waals surface area contributed by atoms with Crippen molar-refractivity contribution in [1.82, 2.24) is 15.5 Å². The number of carbonyl (C=O) groups is 1. The molecule has 0 aromatic carbocycles. The number of carbonyl (C=O) groups excluding carboxylic acids is 1. The zero-order valence-electron chi connectivity index (χ0n) is 10.0. The maximum atomic E-state index is 11.6. The molecular formula is C11H18N4O2. The number of aryl methyl sites for hydroxylation is 1. The van der Waals surface area contributed by atoms with Crippen molar-refractivity contribution in [3.05, 3.63) is 5.89 Å². The van der Waals surface area contributed by atoms with Gasteiger partial charge in [0.2, 0.25) is 11.8 Å². The van der Waals surface area contributed by atoms with Gasteiger partial charge in [0.05, 0.1) is 0 Å². The van der Waals surface area contributed by atoms with Crippen LogP contribution in [0.3, 0.4) is 0 Å². The first kappa shape index (κ1) is 12.0. The fourth-order valence-corrected chi connectivity index (χ4v) is 2.03. The van der Waals surface area contributed by atoms with E-state index in [-0.39, 0.29) is 11.9 Å². The van der Waals surface area contributed by atoms with Gasteiger partial charge in [-0.1, -0.05) is 5.10 Å². The van der Waals surface area contributed by atoms with Gasteiger partial charge in [-0.3, -0.25) is 10.1 Å². The highest BCUT2D eigenvalue weighted by Crippen LogP contribution is 2.16. The summed E-state index contributed by atoms with van der Waals surface area (Å²) in [4.78, 5) is 11.6. The number of amides is 1. The van der Waals surface area contributed by atoms with Crippen LogP contribution in [0, 0.1) is 12.8 Å². The van der Waals surface area contributed by atoms with Crippen LogP contribution in [0.15, 0.2) is 4.42 Å². The lowest BCUT2D eigenvalue weighted by molar-refractivity contribution is -0.116. The molecule has 1 unspecified atom stereocenters. The number of hydrogen-bond donors (Lipinski definition) is 2. The standard InChI is InChI=1S/C11H18N4O2/c1-8-14-15-11(17-8)13-10(16)5-4-9-3-2-6-12-7-9/h9,12H,2-7H2,1H3,(H,13,15,16). The lowest BCUT2D eigenvalue weighted by atomic mass is 9.94. The highest BCUT2D eigenvalue weighted by molar-refractivity contribution is 5.88. The minimum absolute atomic E-state index is 0.0563. The molecule has 94 valence electrons. The number of rotatable bonds is 4. The Morgan fingerprint density at radius 2 is 2.47 bits per heavy atom. The Morgan fingerprint density at radius 3 is 3.12 bits per heavy atom. The molecular weight excluding hydrogens is 220 g/mol. The van der Waals surface area contributed by atoms with Crippen LogP contribution in [0.4, 0.5) is 6.01 Å². The molecule has 1 atom stereocenters. The van der Waals surface area contributed by atoms with Crippen molar-refractivity contribution in [3.8, 4) is 0 Å². The van der Waals surface area contributed by atoms with E-state index in [1.807, 2.05) is 0 Å².